The van der Waals surface area contributed by atoms with E-state index in [9.17, 15) is 9.59 Å². The molecule has 22 heavy (non-hydrogen) atoms. The largest absolute Gasteiger partial charge is 0.449 e. The molecule has 1 atom stereocenters. The molecule has 1 N–H and O–H groups in total. The molecular weight excluding hydrogens is 399 g/mol. The molecule has 1 heterocycles. The molecule has 0 saturated carbocycles. The van der Waals surface area contributed by atoms with Crippen molar-refractivity contribution < 1.29 is 18.8 Å². The summed E-state index contributed by atoms with van der Waals surface area (Å²) < 4.78 is 11.1. The molecule has 1 unspecified atom stereocenters. The maximum atomic E-state index is 12.1. The van der Waals surface area contributed by atoms with Crippen molar-refractivity contribution in [2.24, 2.45) is 0 Å². The van der Waals surface area contributed by atoms with Gasteiger partial charge in [-0.05, 0) is 54.1 Å². The summed E-state index contributed by atoms with van der Waals surface area (Å²) in [5.41, 5.74) is 0.412. The Morgan fingerprint density at radius 2 is 2.18 bits per heavy atom. The van der Waals surface area contributed by atoms with Gasteiger partial charge in [0.1, 0.15) is 5.76 Å². The highest BCUT2D eigenvalue weighted by Gasteiger charge is 2.23. The second-order valence-electron chi connectivity index (χ2n) is 4.62. The van der Waals surface area contributed by atoms with Gasteiger partial charge >= 0.3 is 5.97 Å². The lowest BCUT2D eigenvalue weighted by Crippen LogP contribution is -2.32. The molecule has 0 radical (unpaired) electrons. The number of benzene rings is 1. The first kappa shape index (κ1) is 16.5. The van der Waals surface area contributed by atoms with Crippen LogP contribution in [0.2, 0.25) is 0 Å². The Balaban J connectivity index is 2.02. The number of aryl methyl sites for hydroxylation is 1. The standard InChI is InChI=1S/C15H15IN2O4/c1-3-12(14(19)17-13-7-9(2)22-18-13)21-15(20)10-5-4-6-11(16)8-10/h4-8,12H,3H2,1-2H3,(H,17,18,19). The third kappa shape index (κ3) is 4.30. The molecule has 1 aromatic carbocycles. The second-order valence-corrected chi connectivity index (χ2v) is 5.87. The third-order valence-corrected chi connectivity index (χ3v) is 3.52. The first-order valence-electron chi connectivity index (χ1n) is 6.70. The molecule has 2 rings (SSSR count). The topological polar surface area (TPSA) is 81.4 Å². The number of carbonyl (C=O) groups is 2. The van der Waals surface area contributed by atoms with Gasteiger partial charge in [0.25, 0.3) is 5.91 Å². The lowest BCUT2D eigenvalue weighted by molar-refractivity contribution is -0.124. The van der Waals surface area contributed by atoms with Crippen LogP contribution in [0, 0.1) is 10.5 Å². The molecule has 0 fully saturated rings. The number of nitrogens with zero attached hydrogens (tertiary/aromatic N) is 1. The maximum Gasteiger partial charge on any atom is 0.338 e. The van der Waals surface area contributed by atoms with E-state index >= 15 is 0 Å². The van der Waals surface area contributed by atoms with Crippen LogP contribution < -0.4 is 5.32 Å². The minimum atomic E-state index is -0.887. The number of aromatic nitrogens is 1. The molecular formula is C15H15IN2O4. The van der Waals surface area contributed by atoms with Crippen LogP contribution in [0.1, 0.15) is 29.5 Å². The van der Waals surface area contributed by atoms with Gasteiger partial charge in [0.15, 0.2) is 11.9 Å². The number of nitrogens with one attached hydrogen (secondary N) is 1. The fourth-order valence-corrected chi connectivity index (χ4v) is 2.31. The summed E-state index contributed by atoms with van der Waals surface area (Å²) in [4.78, 5) is 24.2. The van der Waals surface area contributed by atoms with Gasteiger partial charge in [-0.25, -0.2) is 4.79 Å². The van der Waals surface area contributed by atoms with Crippen molar-refractivity contribution in [3.8, 4) is 0 Å². The van der Waals surface area contributed by atoms with Crippen molar-refractivity contribution in [1.82, 2.24) is 5.16 Å². The summed E-state index contributed by atoms with van der Waals surface area (Å²) in [6.07, 6.45) is -0.527. The molecule has 0 saturated heterocycles. The molecule has 7 heteroatoms. The number of anilines is 1. The molecule has 0 bridgehead atoms. The van der Waals surface area contributed by atoms with Crippen LogP contribution >= 0.6 is 22.6 Å². The lowest BCUT2D eigenvalue weighted by atomic mass is 10.2. The van der Waals surface area contributed by atoms with Crippen molar-refractivity contribution >= 4 is 40.3 Å². The van der Waals surface area contributed by atoms with E-state index in [1.54, 1.807) is 38.1 Å². The highest BCUT2D eigenvalue weighted by Crippen LogP contribution is 2.13. The third-order valence-electron chi connectivity index (χ3n) is 2.85. The van der Waals surface area contributed by atoms with Crippen LogP contribution in [0.3, 0.4) is 0 Å². The fraction of sp³-hybridized carbons (Fsp3) is 0.267. The average Bonchev–Trinajstić information content (AvgIpc) is 2.89. The van der Waals surface area contributed by atoms with Crippen LogP contribution in [0.25, 0.3) is 0 Å². The minimum absolute atomic E-state index is 0.297. The van der Waals surface area contributed by atoms with E-state index in [0.717, 1.165) is 3.57 Å². The van der Waals surface area contributed by atoms with Gasteiger partial charge in [0.2, 0.25) is 0 Å². The highest BCUT2D eigenvalue weighted by molar-refractivity contribution is 14.1. The molecule has 6 nitrogen and oxygen atoms in total. The number of ether oxygens (including phenoxy) is 1. The molecule has 1 aromatic heterocycles. The highest BCUT2D eigenvalue weighted by atomic mass is 127. The molecule has 0 aliphatic rings. The second kappa shape index (κ2) is 7.39. The molecule has 0 aliphatic heterocycles. The smallest absolute Gasteiger partial charge is 0.338 e. The fourth-order valence-electron chi connectivity index (χ4n) is 1.77. The van der Waals surface area contributed by atoms with E-state index in [4.69, 9.17) is 9.26 Å². The van der Waals surface area contributed by atoms with E-state index in [1.807, 2.05) is 6.07 Å². The van der Waals surface area contributed by atoms with E-state index < -0.39 is 18.0 Å². The summed E-state index contributed by atoms with van der Waals surface area (Å²) in [7, 11) is 0. The number of halogens is 1. The normalized spacial score (nSPS) is 11.8. The number of carbonyl (C=O) groups excluding carboxylic acids is 2. The quantitative estimate of drug-likeness (QED) is 0.601. The predicted octanol–water partition coefficient (Wildman–Crippen LogP) is 3.16. The number of esters is 1. The van der Waals surface area contributed by atoms with Crippen LogP contribution in [-0.2, 0) is 9.53 Å². The SMILES string of the molecule is CCC(OC(=O)c1cccc(I)c1)C(=O)Nc1cc(C)on1. The maximum absolute atomic E-state index is 12.1. The van der Waals surface area contributed by atoms with Gasteiger partial charge in [-0.2, -0.15) is 0 Å². The van der Waals surface area contributed by atoms with Crippen LogP contribution in [-0.4, -0.2) is 23.1 Å². The zero-order valence-corrected chi connectivity index (χ0v) is 14.3. The van der Waals surface area contributed by atoms with Crippen molar-refractivity contribution in [2.45, 2.75) is 26.4 Å². The number of hydrogen-bond acceptors (Lipinski definition) is 5. The number of amides is 1. The van der Waals surface area contributed by atoms with Crippen LogP contribution in [0.5, 0.6) is 0 Å². The summed E-state index contributed by atoms with van der Waals surface area (Å²) in [6.45, 7) is 3.48. The Hall–Kier alpha value is -1.90. The van der Waals surface area contributed by atoms with Crippen LogP contribution in [0.15, 0.2) is 34.9 Å². The molecule has 116 valence electrons. The Kier molecular flexibility index (Phi) is 5.53. The van der Waals surface area contributed by atoms with Gasteiger partial charge in [0, 0.05) is 9.64 Å². The van der Waals surface area contributed by atoms with E-state index in [-0.39, 0.29) is 0 Å². The monoisotopic (exact) mass is 414 g/mol. The Labute approximate surface area is 141 Å². The van der Waals surface area contributed by atoms with Crippen molar-refractivity contribution in [3.63, 3.8) is 0 Å². The first-order chi connectivity index (χ1) is 10.5. The average molecular weight is 414 g/mol. The Morgan fingerprint density at radius 3 is 2.77 bits per heavy atom. The molecule has 2 aromatic rings. The van der Waals surface area contributed by atoms with Crippen LogP contribution in [0.4, 0.5) is 5.82 Å². The van der Waals surface area contributed by atoms with Gasteiger partial charge < -0.3 is 14.6 Å². The summed E-state index contributed by atoms with van der Waals surface area (Å²) >= 11 is 2.11. The van der Waals surface area contributed by atoms with E-state index in [1.165, 1.54) is 0 Å². The lowest BCUT2D eigenvalue weighted by Gasteiger charge is -2.15. The summed E-state index contributed by atoms with van der Waals surface area (Å²) in [6, 6.07) is 8.57. The zero-order chi connectivity index (χ0) is 16.1. The Bertz CT molecular complexity index is 684. The molecule has 0 aliphatic carbocycles. The number of rotatable bonds is 5. The Morgan fingerprint density at radius 1 is 1.41 bits per heavy atom. The van der Waals surface area contributed by atoms with E-state index in [0.29, 0.717) is 23.6 Å². The zero-order valence-electron chi connectivity index (χ0n) is 12.1. The van der Waals surface area contributed by atoms with Crippen molar-refractivity contribution in [1.29, 1.82) is 0 Å². The molecule has 1 amide bonds. The van der Waals surface area contributed by atoms with Gasteiger partial charge in [0.05, 0.1) is 5.56 Å². The summed E-state index contributed by atoms with van der Waals surface area (Å²) in [5.74, 6) is -0.0860. The van der Waals surface area contributed by atoms with E-state index in [2.05, 4.69) is 33.1 Å². The van der Waals surface area contributed by atoms with Gasteiger partial charge in [-0.1, -0.05) is 18.1 Å². The predicted molar refractivity (Wildman–Crippen MR) is 88.5 cm³/mol. The van der Waals surface area contributed by atoms with Gasteiger partial charge in [-0.3, -0.25) is 4.79 Å². The van der Waals surface area contributed by atoms with Crippen molar-refractivity contribution in [2.75, 3.05) is 5.32 Å². The number of hydrogen-bond donors (Lipinski definition) is 1. The summed E-state index contributed by atoms with van der Waals surface area (Å²) in [5, 5.41) is 6.23. The van der Waals surface area contributed by atoms with Crippen molar-refractivity contribution in [3.05, 3.63) is 45.2 Å². The van der Waals surface area contributed by atoms with Gasteiger partial charge in [-0.15, -0.1) is 0 Å². The molecule has 0 spiro atoms. The minimum Gasteiger partial charge on any atom is -0.449 e. The first-order valence-corrected chi connectivity index (χ1v) is 7.78.